The van der Waals surface area contributed by atoms with Crippen molar-refractivity contribution in [1.29, 1.82) is 0 Å². The van der Waals surface area contributed by atoms with Gasteiger partial charge in [-0.15, -0.1) is 0 Å². The number of carbonyl (C=O) groups is 1. The van der Waals surface area contributed by atoms with E-state index < -0.39 is 5.82 Å². The first kappa shape index (κ1) is 15.1. The van der Waals surface area contributed by atoms with Crippen LogP contribution >= 0.6 is 0 Å². The number of carbonyl (C=O) groups excluding carboxylic acids is 1. The van der Waals surface area contributed by atoms with Crippen molar-refractivity contribution in [2.24, 2.45) is 0 Å². The third kappa shape index (κ3) is 5.50. The van der Waals surface area contributed by atoms with Gasteiger partial charge in [0.25, 0.3) is 0 Å². The van der Waals surface area contributed by atoms with E-state index in [2.05, 4.69) is 20.6 Å². The van der Waals surface area contributed by atoms with Gasteiger partial charge in [-0.1, -0.05) is 6.92 Å². The number of hydrogen-bond acceptors (Lipinski definition) is 6. The summed E-state index contributed by atoms with van der Waals surface area (Å²) in [5, 5.41) is 5.71. The van der Waals surface area contributed by atoms with Crippen molar-refractivity contribution < 1.29 is 13.9 Å². The Balaban J connectivity index is 2.49. The van der Waals surface area contributed by atoms with Crippen molar-refractivity contribution in [2.75, 3.05) is 30.3 Å². The summed E-state index contributed by atoms with van der Waals surface area (Å²) in [4.78, 5) is 18.9. The number of nitrogens with zero attached hydrogens (tertiary/aromatic N) is 2. The molecule has 1 aromatic heterocycles. The molecule has 0 radical (unpaired) electrons. The molecule has 2 N–H and O–H groups in total. The maximum atomic E-state index is 13.4. The monoisotopic (exact) mass is 270 g/mol. The lowest BCUT2D eigenvalue weighted by atomic mass is 10.4. The number of aromatic nitrogens is 2. The van der Waals surface area contributed by atoms with E-state index in [1.807, 2.05) is 6.92 Å². The van der Waals surface area contributed by atoms with Crippen LogP contribution in [-0.2, 0) is 9.53 Å². The zero-order chi connectivity index (χ0) is 14.1. The minimum Gasteiger partial charge on any atom is -0.466 e. The Hall–Kier alpha value is -1.92. The van der Waals surface area contributed by atoms with Gasteiger partial charge in [0, 0.05) is 13.1 Å². The van der Waals surface area contributed by atoms with Gasteiger partial charge in [-0.25, -0.2) is 9.37 Å². The summed E-state index contributed by atoms with van der Waals surface area (Å²) in [5.41, 5.74) is 0. The molecule has 0 fully saturated rings. The van der Waals surface area contributed by atoms with Crippen LogP contribution in [0.2, 0.25) is 0 Å². The molecule has 0 aliphatic rings. The van der Waals surface area contributed by atoms with Crippen molar-refractivity contribution in [3.8, 4) is 0 Å². The van der Waals surface area contributed by atoms with Crippen LogP contribution < -0.4 is 10.6 Å². The van der Waals surface area contributed by atoms with Crippen molar-refractivity contribution in [1.82, 2.24) is 9.97 Å². The summed E-state index contributed by atoms with van der Waals surface area (Å²) < 4.78 is 18.2. The lowest BCUT2D eigenvalue weighted by molar-refractivity contribution is -0.142. The molecule has 0 atom stereocenters. The van der Waals surface area contributed by atoms with Crippen molar-refractivity contribution in [2.45, 2.75) is 26.7 Å². The van der Waals surface area contributed by atoms with E-state index in [0.717, 1.165) is 12.6 Å². The van der Waals surface area contributed by atoms with Crippen LogP contribution in [0.15, 0.2) is 6.20 Å². The van der Waals surface area contributed by atoms with Gasteiger partial charge in [-0.3, -0.25) is 4.79 Å². The molecule has 19 heavy (non-hydrogen) atoms. The first-order valence-corrected chi connectivity index (χ1v) is 6.33. The molecule has 0 aromatic carbocycles. The number of halogens is 1. The van der Waals surface area contributed by atoms with Gasteiger partial charge in [0.2, 0.25) is 5.95 Å². The topological polar surface area (TPSA) is 76.1 Å². The van der Waals surface area contributed by atoms with Crippen LogP contribution in [0.5, 0.6) is 0 Å². The quantitative estimate of drug-likeness (QED) is 0.701. The van der Waals surface area contributed by atoms with Crippen LogP contribution in [0.4, 0.5) is 16.2 Å². The van der Waals surface area contributed by atoms with Crippen LogP contribution in [-0.4, -0.2) is 35.6 Å². The number of ether oxygens (including phenoxy) is 1. The SMILES string of the molecule is CCCNc1ncc(F)c(NCCC(=O)OCC)n1. The van der Waals surface area contributed by atoms with E-state index in [0.29, 0.717) is 19.1 Å². The largest absolute Gasteiger partial charge is 0.466 e. The Kier molecular flexibility index (Phi) is 6.56. The van der Waals surface area contributed by atoms with Gasteiger partial charge in [-0.05, 0) is 13.3 Å². The predicted molar refractivity (Wildman–Crippen MR) is 70.5 cm³/mol. The second-order valence-corrected chi connectivity index (χ2v) is 3.80. The molecule has 1 heterocycles. The molecule has 1 rings (SSSR count). The maximum absolute atomic E-state index is 13.4. The smallest absolute Gasteiger partial charge is 0.307 e. The van der Waals surface area contributed by atoms with E-state index in [1.54, 1.807) is 6.92 Å². The standard InChI is InChI=1S/C12H19FN4O2/c1-3-6-15-12-16-8-9(13)11(17-12)14-7-5-10(18)19-4-2/h8H,3-7H2,1-2H3,(H2,14,15,16,17). The second-order valence-electron chi connectivity index (χ2n) is 3.80. The average Bonchev–Trinajstić information content (AvgIpc) is 2.39. The Morgan fingerprint density at radius 3 is 2.84 bits per heavy atom. The van der Waals surface area contributed by atoms with E-state index >= 15 is 0 Å². The fourth-order valence-corrected chi connectivity index (χ4v) is 1.33. The molecule has 6 nitrogen and oxygen atoms in total. The molecular formula is C12H19FN4O2. The summed E-state index contributed by atoms with van der Waals surface area (Å²) >= 11 is 0. The number of nitrogens with one attached hydrogen (secondary N) is 2. The maximum Gasteiger partial charge on any atom is 0.307 e. The summed E-state index contributed by atoms with van der Waals surface area (Å²) in [6.07, 6.45) is 2.18. The first-order chi connectivity index (χ1) is 9.17. The third-order valence-corrected chi connectivity index (χ3v) is 2.20. The number of anilines is 2. The minimum absolute atomic E-state index is 0.0814. The van der Waals surface area contributed by atoms with Crippen LogP contribution in [0.25, 0.3) is 0 Å². The zero-order valence-electron chi connectivity index (χ0n) is 11.2. The van der Waals surface area contributed by atoms with E-state index in [9.17, 15) is 9.18 Å². The summed E-state index contributed by atoms with van der Waals surface area (Å²) in [7, 11) is 0. The molecule has 0 saturated carbocycles. The lowest BCUT2D eigenvalue weighted by Gasteiger charge is -2.08. The Morgan fingerprint density at radius 1 is 1.37 bits per heavy atom. The number of esters is 1. The first-order valence-electron chi connectivity index (χ1n) is 6.33. The Morgan fingerprint density at radius 2 is 2.16 bits per heavy atom. The highest BCUT2D eigenvalue weighted by Gasteiger charge is 2.07. The summed E-state index contributed by atoms with van der Waals surface area (Å²) in [6.45, 7) is 5.07. The molecule has 0 aliphatic carbocycles. The van der Waals surface area contributed by atoms with E-state index in [1.165, 1.54) is 0 Å². The summed E-state index contributed by atoms with van der Waals surface area (Å²) in [6, 6.07) is 0. The van der Waals surface area contributed by atoms with Crippen molar-refractivity contribution in [3.63, 3.8) is 0 Å². The fourth-order valence-electron chi connectivity index (χ4n) is 1.33. The molecule has 0 aliphatic heterocycles. The number of rotatable bonds is 8. The van der Waals surface area contributed by atoms with Gasteiger partial charge in [-0.2, -0.15) is 4.98 Å². The molecule has 0 bridgehead atoms. The fraction of sp³-hybridized carbons (Fsp3) is 0.583. The Labute approximate surface area is 111 Å². The second kappa shape index (κ2) is 8.23. The van der Waals surface area contributed by atoms with Crippen LogP contribution in [0, 0.1) is 5.82 Å². The molecule has 0 amide bonds. The predicted octanol–water partition coefficient (Wildman–Crippen LogP) is 1.80. The molecule has 0 spiro atoms. The molecule has 0 unspecified atom stereocenters. The molecule has 1 aromatic rings. The molecule has 0 saturated heterocycles. The van der Waals surface area contributed by atoms with Crippen LogP contribution in [0.1, 0.15) is 26.7 Å². The zero-order valence-corrected chi connectivity index (χ0v) is 11.2. The average molecular weight is 270 g/mol. The summed E-state index contributed by atoms with van der Waals surface area (Å²) in [5.74, 6) is -0.431. The number of hydrogen-bond donors (Lipinski definition) is 2. The highest BCUT2D eigenvalue weighted by atomic mass is 19.1. The van der Waals surface area contributed by atoms with E-state index in [4.69, 9.17) is 4.74 Å². The normalized spacial score (nSPS) is 10.1. The lowest BCUT2D eigenvalue weighted by Crippen LogP contribution is -2.14. The molecule has 106 valence electrons. The van der Waals surface area contributed by atoms with Gasteiger partial charge >= 0.3 is 5.97 Å². The van der Waals surface area contributed by atoms with Gasteiger partial charge in [0.1, 0.15) is 0 Å². The van der Waals surface area contributed by atoms with Gasteiger partial charge in [0.15, 0.2) is 11.6 Å². The van der Waals surface area contributed by atoms with Crippen molar-refractivity contribution >= 4 is 17.7 Å². The van der Waals surface area contributed by atoms with Crippen LogP contribution in [0.3, 0.4) is 0 Å². The van der Waals surface area contributed by atoms with Crippen molar-refractivity contribution in [3.05, 3.63) is 12.0 Å². The Bertz CT molecular complexity index is 415. The van der Waals surface area contributed by atoms with E-state index in [-0.39, 0.29) is 24.8 Å². The highest BCUT2D eigenvalue weighted by Crippen LogP contribution is 2.11. The van der Waals surface area contributed by atoms with Gasteiger partial charge < -0.3 is 15.4 Å². The third-order valence-electron chi connectivity index (χ3n) is 2.20. The molecular weight excluding hydrogens is 251 g/mol. The highest BCUT2D eigenvalue weighted by molar-refractivity contribution is 5.70. The minimum atomic E-state index is -0.550. The molecule has 7 heteroatoms. The van der Waals surface area contributed by atoms with Gasteiger partial charge in [0.05, 0.1) is 19.2 Å².